The Morgan fingerprint density at radius 3 is 2.85 bits per heavy atom. The van der Waals surface area contributed by atoms with Crippen molar-refractivity contribution in [3.63, 3.8) is 0 Å². The molecule has 3 rings (SSSR count). The summed E-state index contributed by atoms with van der Waals surface area (Å²) in [6, 6.07) is 8.84. The van der Waals surface area contributed by atoms with Crippen LogP contribution in [-0.4, -0.2) is 47.5 Å². The highest BCUT2D eigenvalue weighted by molar-refractivity contribution is 7.99. The number of imide groups is 1. The van der Waals surface area contributed by atoms with Gasteiger partial charge in [0, 0.05) is 24.2 Å². The highest BCUT2D eigenvalue weighted by Crippen LogP contribution is 2.32. The van der Waals surface area contributed by atoms with Gasteiger partial charge >= 0.3 is 12.0 Å². The molecule has 1 fully saturated rings. The highest BCUT2D eigenvalue weighted by atomic mass is 32.2. The summed E-state index contributed by atoms with van der Waals surface area (Å²) in [5.74, 6) is -1.20. The maximum absolute atomic E-state index is 12.5. The van der Waals surface area contributed by atoms with Crippen LogP contribution in [0.4, 0.5) is 4.79 Å². The van der Waals surface area contributed by atoms with Gasteiger partial charge in [-0.2, -0.15) is 0 Å². The number of benzene rings is 1. The Kier molecular flexibility index (Phi) is 5.75. The number of nitrogens with zero attached hydrogens (tertiary/aromatic N) is 2. The van der Waals surface area contributed by atoms with Crippen LogP contribution >= 0.6 is 11.8 Å². The monoisotopic (exact) mass is 385 g/mol. The Bertz CT molecular complexity index is 900. The summed E-state index contributed by atoms with van der Waals surface area (Å²) in [7, 11) is 0. The van der Waals surface area contributed by atoms with Crippen molar-refractivity contribution in [1.82, 2.24) is 15.2 Å². The molecule has 0 aliphatic carbocycles. The van der Waals surface area contributed by atoms with Crippen LogP contribution in [0.2, 0.25) is 0 Å². The van der Waals surface area contributed by atoms with E-state index in [0.717, 1.165) is 20.9 Å². The number of aryl methyl sites for hydroxylation is 2. The normalized spacial score (nSPS) is 13.4. The molecule has 1 saturated heterocycles. The lowest BCUT2D eigenvalue weighted by atomic mass is 10.2. The quantitative estimate of drug-likeness (QED) is 0.796. The summed E-state index contributed by atoms with van der Waals surface area (Å²) < 4.78 is 5.12. The number of amides is 3. The SMILES string of the molecule is Cc1ccc(C)c(Sc2ncccc2C(=O)OCC(=O)N2CCNC2=O)c1. The molecular weight excluding hydrogens is 366 g/mol. The Hall–Kier alpha value is -2.87. The van der Waals surface area contributed by atoms with Crippen LogP contribution in [0.5, 0.6) is 0 Å². The van der Waals surface area contributed by atoms with Crippen LogP contribution < -0.4 is 5.32 Å². The maximum Gasteiger partial charge on any atom is 0.341 e. The smallest absolute Gasteiger partial charge is 0.341 e. The molecule has 0 saturated carbocycles. The summed E-state index contributed by atoms with van der Waals surface area (Å²) in [5.41, 5.74) is 2.46. The van der Waals surface area contributed by atoms with Crippen molar-refractivity contribution in [3.8, 4) is 0 Å². The fraction of sp³-hybridized carbons (Fsp3) is 0.263. The first-order chi connectivity index (χ1) is 13.0. The molecule has 140 valence electrons. The van der Waals surface area contributed by atoms with E-state index in [1.54, 1.807) is 18.3 Å². The average molecular weight is 385 g/mol. The number of rotatable bonds is 5. The molecule has 3 amide bonds. The minimum atomic E-state index is -0.649. The number of hydrogen-bond acceptors (Lipinski definition) is 6. The second-order valence-corrected chi connectivity index (χ2v) is 7.11. The Labute approximate surface area is 161 Å². The van der Waals surface area contributed by atoms with E-state index in [1.807, 2.05) is 32.0 Å². The molecule has 1 N–H and O–H groups in total. The molecule has 0 bridgehead atoms. The first kappa shape index (κ1) is 18.9. The molecule has 0 radical (unpaired) electrons. The predicted molar refractivity (Wildman–Crippen MR) is 99.7 cm³/mol. The lowest BCUT2D eigenvalue weighted by Crippen LogP contribution is -2.37. The highest BCUT2D eigenvalue weighted by Gasteiger charge is 2.27. The molecular formula is C19H19N3O4S. The zero-order valence-electron chi connectivity index (χ0n) is 15.0. The zero-order chi connectivity index (χ0) is 19.4. The van der Waals surface area contributed by atoms with E-state index < -0.39 is 24.5 Å². The van der Waals surface area contributed by atoms with E-state index >= 15 is 0 Å². The molecule has 0 spiro atoms. The van der Waals surface area contributed by atoms with Crippen LogP contribution in [0.1, 0.15) is 21.5 Å². The minimum Gasteiger partial charge on any atom is -0.452 e. The van der Waals surface area contributed by atoms with Crippen LogP contribution in [0, 0.1) is 13.8 Å². The number of aromatic nitrogens is 1. The molecule has 1 aromatic carbocycles. The summed E-state index contributed by atoms with van der Waals surface area (Å²) >= 11 is 1.37. The Morgan fingerprint density at radius 1 is 1.30 bits per heavy atom. The van der Waals surface area contributed by atoms with Gasteiger partial charge in [0.1, 0.15) is 5.03 Å². The number of carbonyl (C=O) groups is 3. The molecule has 2 aromatic rings. The zero-order valence-corrected chi connectivity index (χ0v) is 15.8. The predicted octanol–water partition coefficient (Wildman–Crippen LogP) is 2.56. The van der Waals surface area contributed by atoms with Crippen LogP contribution in [0.15, 0.2) is 46.5 Å². The standard InChI is InChI=1S/C19H19N3O4S/c1-12-5-6-13(2)15(10-12)27-17-14(4-3-7-20-17)18(24)26-11-16(23)22-9-8-21-19(22)25/h3-7,10H,8-9,11H2,1-2H3,(H,21,25). The number of hydrogen-bond donors (Lipinski definition) is 1. The molecule has 2 heterocycles. The van der Waals surface area contributed by atoms with Crippen LogP contribution in [0.3, 0.4) is 0 Å². The number of ether oxygens (including phenoxy) is 1. The summed E-state index contributed by atoms with van der Waals surface area (Å²) in [6.45, 7) is 4.17. The molecule has 7 nitrogen and oxygen atoms in total. The third-order valence-corrected chi connectivity index (χ3v) is 5.20. The third-order valence-electron chi connectivity index (χ3n) is 4.03. The summed E-state index contributed by atoms with van der Waals surface area (Å²) in [4.78, 5) is 42.3. The van der Waals surface area contributed by atoms with Gasteiger partial charge in [-0.1, -0.05) is 23.9 Å². The van der Waals surface area contributed by atoms with Gasteiger partial charge in [-0.05, 0) is 43.2 Å². The van der Waals surface area contributed by atoms with Crippen molar-refractivity contribution in [2.45, 2.75) is 23.8 Å². The summed E-state index contributed by atoms with van der Waals surface area (Å²) in [5, 5.41) is 3.03. The number of esters is 1. The van der Waals surface area contributed by atoms with Gasteiger partial charge in [-0.15, -0.1) is 0 Å². The van der Waals surface area contributed by atoms with Gasteiger partial charge in [0.15, 0.2) is 6.61 Å². The van der Waals surface area contributed by atoms with Gasteiger partial charge in [0.2, 0.25) is 0 Å². The van der Waals surface area contributed by atoms with Crippen LogP contribution in [-0.2, 0) is 9.53 Å². The minimum absolute atomic E-state index is 0.274. The fourth-order valence-electron chi connectivity index (χ4n) is 2.54. The largest absolute Gasteiger partial charge is 0.452 e. The first-order valence-corrected chi connectivity index (χ1v) is 9.23. The number of pyridine rings is 1. The van der Waals surface area contributed by atoms with E-state index in [2.05, 4.69) is 10.3 Å². The average Bonchev–Trinajstić information content (AvgIpc) is 3.09. The maximum atomic E-state index is 12.5. The molecule has 27 heavy (non-hydrogen) atoms. The van der Waals surface area contributed by atoms with Crippen molar-refractivity contribution in [1.29, 1.82) is 0 Å². The molecule has 1 aliphatic rings. The third kappa shape index (κ3) is 4.46. The second kappa shape index (κ2) is 8.22. The molecule has 1 aliphatic heterocycles. The Balaban J connectivity index is 1.71. The fourth-order valence-corrected chi connectivity index (χ4v) is 3.60. The van der Waals surface area contributed by atoms with E-state index in [4.69, 9.17) is 4.74 Å². The van der Waals surface area contributed by atoms with Gasteiger partial charge in [0.05, 0.1) is 5.56 Å². The number of nitrogens with one attached hydrogen (secondary N) is 1. The van der Waals surface area contributed by atoms with E-state index in [0.29, 0.717) is 11.6 Å². The van der Waals surface area contributed by atoms with E-state index in [-0.39, 0.29) is 12.1 Å². The van der Waals surface area contributed by atoms with Crippen molar-refractivity contribution in [2.24, 2.45) is 0 Å². The second-order valence-electron chi connectivity index (χ2n) is 6.08. The van der Waals surface area contributed by atoms with Crippen molar-refractivity contribution < 1.29 is 19.1 Å². The van der Waals surface area contributed by atoms with Crippen LogP contribution in [0.25, 0.3) is 0 Å². The topological polar surface area (TPSA) is 88.6 Å². The van der Waals surface area contributed by atoms with Crippen molar-refractivity contribution in [3.05, 3.63) is 53.2 Å². The van der Waals surface area contributed by atoms with E-state index in [9.17, 15) is 14.4 Å². The lowest BCUT2D eigenvalue weighted by molar-refractivity contribution is -0.130. The number of carbonyl (C=O) groups excluding carboxylic acids is 3. The number of urea groups is 1. The van der Waals surface area contributed by atoms with Crippen molar-refractivity contribution >= 4 is 29.7 Å². The summed E-state index contributed by atoms with van der Waals surface area (Å²) in [6.07, 6.45) is 1.60. The van der Waals surface area contributed by atoms with Gasteiger partial charge in [0.25, 0.3) is 5.91 Å². The molecule has 0 unspecified atom stereocenters. The lowest BCUT2D eigenvalue weighted by Gasteiger charge is -2.13. The van der Waals surface area contributed by atoms with E-state index in [1.165, 1.54) is 11.8 Å². The molecule has 0 atom stereocenters. The van der Waals surface area contributed by atoms with Gasteiger partial charge < -0.3 is 10.1 Å². The van der Waals surface area contributed by atoms with Gasteiger partial charge in [-0.25, -0.2) is 14.6 Å². The molecule has 8 heteroatoms. The van der Waals surface area contributed by atoms with Gasteiger partial charge in [-0.3, -0.25) is 9.69 Å². The Morgan fingerprint density at radius 2 is 2.11 bits per heavy atom. The molecule has 1 aromatic heterocycles. The first-order valence-electron chi connectivity index (χ1n) is 8.41. The van der Waals surface area contributed by atoms with Crippen molar-refractivity contribution in [2.75, 3.05) is 19.7 Å².